The van der Waals surface area contributed by atoms with Gasteiger partial charge in [-0.25, -0.2) is 0 Å². The molecule has 3 N–H and O–H groups in total. The first kappa shape index (κ1) is 17.3. The van der Waals surface area contributed by atoms with E-state index in [2.05, 4.69) is 5.32 Å². The van der Waals surface area contributed by atoms with Crippen LogP contribution in [0.5, 0.6) is 5.75 Å². The zero-order chi connectivity index (χ0) is 16.8. The lowest BCUT2D eigenvalue weighted by atomic mass is 9.94. The Labute approximate surface area is 141 Å². The third-order valence-electron chi connectivity index (χ3n) is 3.87. The van der Waals surface area contributed by atoms with Gasteiger partial charge in [-0.15, -0.1) is 0 Å². The maximum atomic E-state index is 12.4. The molecule has 5 heteroatoms. The molecule has 0 aromatic heterocycles. The van der Waals surface area contributed by atoms with Gasteiger partial charge in [-0.05, 0) is 17.7 Å². The van der Waals surface area contributed by atoms with Crippen LogP contribution in [0.15, 0.2) is 48.5 Å². The van der Waals surface area contributed by atoms with Crippen LogP contribution in [-0.4, -0.2) is 13.0 Å². The summed E-state index contributed by atoms with van der Waals surface area (Å²) >= 11 is 6.17. The summed E-state index contributed by atoms with van der Waals surface area (Å²) in [4.78, 5) is 12.4. The van der Waals surface area contributed by atoms with Gasteiger partial charge in [-0.3, -0.25) is 4.79 Å². The van der Waals surface area contributed by atoms with Crippen LogP contribution in [0.4, 0.5) is 0 Å². The van der Waals surface area contributed by atoms with Gasteiger partial charge in [0, 0.05) is 23.2 Å². The van der Waals surface area contributed by atoms with Crippen molar-refractivity contribution in [3.05, 3.63) is 64.7 Å². The monoisotopic (exact) mass is 332 g/mol. The van der Waals surface area contributed by atoms with E-state index < -0.39 is 0 Å². The number of hydrogen-bond acceptors (Lipinski definition) is 3. The second-order valence-electron chi connectivity index (χ2n) is 5.36. The summed E-state index contributed by atoms with van der Waals surface area (Å²) in [5.41, 5.74) is 7.87. The normalized spacial score (nSPS) is 13.2. The average molecular weight is 333 g/mol. The molecule has 2 aromatic carbocycles. The lowest BCUT2D eigenvalue weighted by molar-refractivity contribution is -0.125. The number of hydrogen-bond donors (Lipinski definition) is 2. The molecule has 4 nitrogen and oxygen atoms in total. The van der Waals surface area contributed by atoms with E-state index in [0.29, 0.717) is 17.3 Å². The number of amides is 1. The molecule has 0 radical (unpaired) electrons. The Bertz CT molecular complexity index is 661. The molecule has 23 heavy (non-hydrogen) atoms. The number of halogens is 1. The lowest BCUT2D eigenvalue weighted by Crippen LogP contribution is -2.35. The van der Waals surface area contributed by atoms with Crippen LogP contribution in [0.1, 0.15) is 24.1 Å². The third-order valence-corrected chi connectivity index (χ3v) is 4.23. The highest BCUT2D eigenvalue weighted by molar-refractivity contribution is 6.31. The molecule has 0 bridgehead atoms. The number of benzene rings is 2. The van der Waals surface area contributed by atoms with Crippen molar-refractivity contribution in [2.45, 2.75) is 19.5 Å². The molecule has 122 valence electrons. The second kappa shape index (κ2) is 7.99. The quantitative estimate of drug-likeness (QED) is 0.853. The maximum absolute atomic E-state index is 12.4. The van der Waals surface area contributed by atoms with Crippen molar-refractivity contribution in [1.82, 2.24) is 5.32 Å². The highest BCUT2D eigenvalue weighted by Crippen LogP contribution is 2.26. The van der Waals surface area contributed by atoms with Gasteiger partial charge in [0.2, 0.25) is 5.91 Å². The van der Waals surface area contributed by atoms with Crippen LogP contribution in [0, 0.1) is 5.92 Å². The van der Waals surface area contributed by atoms with Crippen LogP contribution in [-0.2, 0) is 11.3 Å². The molecule has 0 aliphatic heterocycles. The van der Waals surface area contributed by atoms with Crippen molar-refractivity contribution in [1.29, 1.82) is 0 Å². The van der Waals surface area contributed by atoms with Crippen LogP contribution >= 0.6 is 11.6 Å². The zero-order valence-corrected chi connectivity index (χ0v) is 14.0. The van der Waals surface area contributed by atoms with Crippen LogP contribution in [0.3, 0.4) is 0 Å². The van der Waals surface area contributed by atoms with Gasteiger partial charge < -0.3 is 15.8 Å². The van der Waals surface area contributed by atoms with Crippen molar-refractivity contribution in [2.75, 3.05) is 7.11 Å². The summed E-state index contributed by atoms with van der Waals surface area (Å²) < 4.78 is 5.28. The van der Waals surface area contributed by atoms with Gasteiger partial charge in [-0.1, -0.05) is 54.9 Å². The molecule has 2 rings (SSSR count). The van der Waals surface area contributed by atoms with Crippen molar-refractivity contribution in [3.63, 3.8) is 0 Å². The predicted molar refractivity (Wildman–Crippen MR) is 92.4 cm³/mol. The van der Waals surface area contributed by atoms with Gasteiger partial charge in [-0.2, -0.15) is 0 Å². The Hall–Kier alpha value is -2.04. The first-order valence-electron chi connectivity index (χ1n) is 7.44. The molecule has 0 aliphatic rings. The van der Waals surface area contributed by atoms with Gasteiger partial charge in [0.25, 0.3) is 0 Å². The highest BCUT2D eigenvalue weighted by atomic mass is 35.5. The molecule has 0 aliphatic carbocycles. The number of carbonyl (C=O) groups is 1. The summed E-state index contributed by atoms with van der Waals surface area (Å²) in [5.74, 6) is 0.173. The van der Waals surface area contributed by atoms with Gasteiger partial charge in [0.05, 0.1) is 13.0 Å². The number of ether oxygens (including phenoxy) is 1. The standard InChI is InChI=1S/C18H21ClN2O2/c1-12(17(20)13-7-4-3-5-8-13)18(22)21-11-14-15(19)9-6-10-16(14)23-2/h3-10,12,17H,11,20H2,1-2H3,(H,21,22). The SMILES string of the molecule is COc1cccc(Cl)c1CNC(=O)C(C)C(N)c1ccccc1. The molecule has 1 amide bonds. The fourth-order valence-corrected chi connectivity index (χ4v) is 2.60. The Balaban J connectivity index is 2.02. The van der Waals surface area contributed by atoms with Gasteiger partial charge >= 0.3 is 0 Å². The minimum Gasteiger partial charge on any atom is -0.496 e. The van der Waals surface area contributed by atoms with Crippen molar-refractivity contribution >= 4 is 17.5 Å². The number of nitrogens with one attached hydrogen (secondary N) is 1. The molecular weight excluding hydrogens is 312 g/mol. The van der Waals surface area contributed by atoms with E-state index in [1.54, 1.807) is 19.2 Å². The number of rotatable bonds is 6. The maximum Gasteiger partial charge on any atom is 0.225 e. The molecule has 2 aromatic rings. The fourth-order valence-electron chi connectivity index (χ4n) is 2.37. The Morgan fingerprint density at radius 2 is 1.91 bits per heavy atom. The molecule has 2 atom stereocenters. The summed E-state index contributed by atoms with van der Waals surface area (Å²) in [7, 11) is 1.57. The first-order chi connectivity index (χ1) is 11.0. The Kier molecular flexibility index (Phi) is 6.02. The van der Waals surface area contributed by atoms with Gasteiger partial charge in [0.1, 0.15) is 5.75 Å². The van der Waals surface area contributed by atoms with E-state index in [0.717, 1.165) is 11.1 Å². The van der Waals surface area contributed by atoms with E-state index in [1.807, 2.05) is 43.3 Å². The van der Waals surface area contributed by atoms with Crippen LogP contribution in [0.25, 0.3) is 0 Å². The fraction of sp³-hybridized carbons (Fsp3) is 0.278. The topological polar surface area (TPSA) is 64.3 Å². The summed E-state index contributed by atoms with van der Waals surface area (Å²) in [6.07, 6.45) is 0. The zero-order valence-electron chi connectivity index (χ0n) is 13.3. The van der Waals surface area contributed by atoms with E-state index in [4.69, 9.17) is 22.1 Å². The minimum atomic E-state index is -0.357. The second-order valence-corrected chi connectivity index (χ2v) is 5.77. The first-order valence-corrected chi connectivity index (χ1v) is 7.82. The number of methoxy groups -OCH3 is 1. The van der Waals surface area contributed by atoms with Crippen molar-refractivity contribution in [2.24, 2.45) is 11.7 Å². The van der Waals surface area contributed by atoms with Gasteiger partial charge in [0.15, 0.2) is 0 Å². The van der Waals surface area contributed by atoms with E-state index in [-0.39, 0.29) is 17.9 Å². The largest absolute Gasteiger partial charge is 0.496 e. The lowest BCUT2D eigenvalue weighted by Gasteiger charge is -2.20. The number of carbonyl (C=O) groups excluding carboxylic acids is 1. The molecular formula is C18H21ClN2O2. The predicted octanol–water partition coefficient (Wildman–Crippen LogP) is 3.30. The molecule has 0 saturated carbocycles. The molecule has 0 fully saturated rings. The van der Waals surface area contributed by atoms with Crippen LogP contribution < -0.4 is 15.8 Å². The van der Waals surface area contributed by atoms with Crippen molar-refractivity contribution < 1.29 is 9.53 Å². The summed E-state index contributed by atoms with van der Waals surface area (Å²) in [6.45, 7) is 2.12. The summed E-state index contributed by atoms with van der Waals surface area (Å²) in [6, 6.07) is 14.6. The van der Waals surface area contributed by atoms with Crippen molar-refractivity contribution in [3.8, 4) is 5.75 Å². The minimum absolute atomic E-state index is 0.122. The summed E-state index contributed by atoms with van der Waals surface area (Å²) in [5, 5.41) is 3.44. The molecule has 2 unspecified atom stereocenters. The molecule has 0 heterocycles. The third kappa shape index (κ3) is 4.24. The smallest absolute Gasteiger partial charge is 0.225 e. The Morgan fingerprint density at radius 3 is 2.57 bits per heavy atom. The molecule has 0 spiro atoms. The Morgan fingerprint density at radius 1 is 1.22 bits per heavy atom. The highest BCUT2D eigenvalue weighted by Gasteiger charge is 2.22. The van der Waals surface area contributed by atoms with E-state index in [1.165, 1.54) is 0 Å². The van der Waals surface area contributed by atoms with Crippen LogP contribution in [0.2, 0.25) is 5.02 Å². The average Bonchev–Trinajstić information content (AvgIpc) is 2.59. The van der Waals surface area contributed by atoms with E-state index in [9.17, 15) is 4.79 Å². The van der Waals surface area contributed by atoms with E-state index >= 15 is 0 Å². The molecule has 0 saturated heterocycles. The number of nitrogens with two attached hydrogens (primary N) is 1.